The van der Waals surface area contributed by atoms with Crippen molar-refractivity contribution < 1.29 is 22.7 Å². The number of nitrogens with one attached hydrogen (secondary N) is 1. The summed E-state index contributed by atoms with van der Waals surface area (Å²) in [6, 6.07) is 5.51. The van der Waals surface area contributed by atoms with Crippen LogP contribution in [0.25, 0.3) is 0 Å². The fourth-order valence-electron chi connectivity index (χ4n) is 4.04. The van der Waals surface area contributed by atoms with Gasteiger partial charge in [-0.1, -0.05) is 18.6 Å². The zero-order valence-electron chi connectivity index (χ0n) is 17.2. The number of methoxy groups -OCH3 is 2. The zero-order chi connectivity index (χ0) is 20.9. The van der Waals surface area contributed by atoms with E-state index in [9.17, 15) is 13.2 Å². The lowest BCUT2D eigenvalue weighted by Crippen LogP contribution is -2.51. The highest BCUT2D eigenvalue weighted by atomic mass is 32.2. The van der Waals surface area contributed by atoms with Gasteiger partial charge in [0, 0.05) is 38.3 Å². The van der Waals surface area contributed by atoms with Crippen LogP contribution in [-0.2, 0) is 21.5 Å². The van der Waals surface area contributed by atoms with E-state index in [-0.39, 0.29) is 18.4 Å². The van der Waals surface area contributed by atoms with Crippen LogP contribution in [0, 0.1) is 5.92 Å². The molecule has 2 aliphatic rings. The van der Waals surface area contributed by atoms with Gasteiger partial charge < -0.3 is 14.8 Å². The molecular weight excluding hydrogens is 394 g/mol. The van der Waals surface area contributed by atoms with Crippen molar-refractivity contribution in [2.45, 2.75) is 38.6 Å². The zero-order valence-corrected chi connectivity index (χ0v) is 18.0. The number of benzene rings is 1. The lowest BCUT2D eigenvalue weighted by Gasteiger charge is -2.36. The number of nitrogens with zero attached hydrogens (tertiary/aromatic N) is 2. The monoisotopic (exact) mass is 425 g/mol. The Morgan fingerprint density at radius 2 is 1.79 bits per heavy atom. The van der Waals surface area contributed by atoms with Gasteiger partial charge in [0.2, 0.25) is 5.91 Å². The third-order valence-electron chi connectivity index (χ3n) is 5.66. The number of amides is 1. The molecule has 1 aromatic carbocycles. The van der Waals surface area contributed by atoms with Crippen LogP contribution < -0.4 is 14.8 Å². The van der Waals surface area contributed by atoms with Crippen LogP contribution in [0.15, 0.2) is 18.2 Å². The minimum atomic E-state index is -3.49. The lowest BCUT2D eigenvalue weighted by atomic mass is 9.98. The average Bonchev–Trinajstić information content (AvgIpc) is 2.77. The predicted octanol–water partition coefficient (Wildman–Crippen LogP) is 1.76. The van der Waals surface area contributed by atoms with Gasteiger partial charge >= 0.3 is 0 Å². The second-order valence-electron chi connectivity index (χ2n) is 7.54. The largest absolute Gasteiger partial charge is 0.493 e. The summed E-state index contributed by atoms with van der Waals surface area (Å²) in [4.78, 5) is 12.8. The van der Waals surface area contributed by atoms with Gasteiger partial charge in [-0.05, 0) is 31.7 Å². The van der Waals surface area contributed by atoms with Crippen molar-refractivity contribution in [2.24, 2.45) is 5.92 Å². The minimum absolute atomic E-state index is 0.131. The molecule has 0 radical (unpaired) electrons. The number of piperidine rings is 2. The van der Waals surface area contributed by atoms with Crippen LogP contribution in [0.2, 0.25) is 0 Å². The van der Waals surface area contributed by atoms with E-state index in [0.29, 0.717) is 50.5 Å². The highest BCUT2D eigenvalue weighted by Gasteiger charge is 2.36. The maximum atomic E-state index is 12.9. The van der Waals surface area contributed by atoms with Crippen molar-refractivity contribution in [3.63, 3.8) is 0 Å². The second kappa shape index (κ2) is 9.77. The third-order valence-corrected chi connectivity index (χ3v) is 7.66. The van der Waals surface area contributed by atoms with Gasteiger partial charge in [-0.2, -0.15) is 17.0 Å². The molecule has 0 aliphatic carbocycles. The van der Waals surface area contributed by atoms with E-state index in [1.807, 2.05) is 12.1 Å². The first-order valence-electron chi connectivity index (χ1n) is 10.2. The Kier molecular flexibility index (Phi) is 7.37. The molecule has 2 fully saturated rings. The molecular formula is C20H31N3O5S. The summed E-state index contributed by atoms with van der Waals surface area (Å²) in [5.74, 6) is 0.720. The number of para-hydroxylation sites is 1. The first-order chi connectivity index (χ1) is 14.0. The van der Waals surface area contributed by atoms with E-state index in [1.54, 1.807) is 24.6 Å². The molecule has 0 aromatic heterocycles. The summed E-state index contributed by atoms with van der Waals surface area (Å²) < 4.78 is 39.6. The number of hydrogen-bond donors (Lipinski definition) is 1. The average molecular weight is 426 g/mol. The van der Waals surface area contributed by atoms with Crippen LogP contribution in [0.5, 0.6) is 11.5 Å². The highest BCUT2D eigenvalue weighted by Crippen LogP contribution is 2.30. The van der Waals surface area contributed by atoms with Crippen LogP contribution in [0.1, 0.15) is 37.7 Å². The van der Waals surface area contributed by atoms with E-state index in [2.05, 4.69) is 5.32 Å². The van der Waals surface area contributed by atoms with Gasteiger partial charge in [-0.25, -0.2) is 0 Å². The van der Waals surface area contributed by atoms with E-state index >= 15 is 0 Å². The van der Waals surface area contributed by atoms with Gasteiger partial charge in [0.15, 0.2) is 11.5 Å². The molecule has 0 bridgehead atoms. The third kappa shape index (κ3) is 5.02. The molecule has 29 heavy (non-hydrogen) atoms. The molecule has 8 nitrogen and oxygen atoms in total. The SMILES string of the molecule is COc1cccc(CNC(=O)[C@H]2CCCN(S(=O)(=O)N3CCCCC3)C2)c1OC. The Morgan fingerprint density at radius 3 is 2.48 bits per heavy atom. The maximum Gasteiger partial charge on any atom is 0.281 e. The number of carbonyl (C=O) groups excluding carboxylic acids is 1. The van der Waals surface area contributed by atoms with Crippen LogP contribution >= 0.6 is 0 Å². The quantitative estimate of drug-likeness (QED) is 0.719. The van der Waals surface area contributed by atoms with Gasteiger partial charge in [-0.3, -0.25) is 4.79 Å². The predicted molar refractivity (Wildman–Crippen MR) is 110 cm³/mol. The smallest absolute Gasteiger partial charge is 0.281 e. The van der Waals surface area contributed by atoms with Crippen molar-refractivity contribution in [1.29, 1.82) is 0 Å². The normalized spacial score (nSPS) is 21.5. The van der Waals surface area contributed by atoms with Gasteiger partial charge in [0.1, 0.15) is 0 Å². The second-order valence-corrected chi connectivity index (χ2v) is 9.46. The summed E-state index contributed by atoms with van der Waals surface area (Å²) >= 11 is 0. The van der Waals surface area contributed by atoms with Crippen molar-refractivity contribution in [3.05, 3.63) is 23.8 Å². The summed E-state index contributed by atoms with van der Waals surface area (Å²) in [5.41, 5.74) is 0.814. The van der Waals surface area contributed by atoms with Crippen molar-refractivity contribution in [3.8, 4) is 11.5 Å². The topological polar surface area (TPSA) is 88.2 Å². The standard InChI is InChI=1S/C20H31N3O5S/c1-27-18-10-6-8-16(19(18)28-2)14-21-20(24)17-9-7-13-23(15-17)29(25,26)22-11-4-3-5-12-22/h6,8,10,17H,3-5,7,9,11-15H2,1-2H3,(H,21,24)/t17-/m0/s1. The van der Waals surface area contributed by atoms with E-state index in [0.717, 1.165) is 24.8 Å². The molecule has 2 saturated heterocycles. The number of carbonyl (C=O) groups is 1. The molecule has 1 amide bonds. The maximum absolute atomic E-state index is 12.9. The molecule has 1 N–H and O–H groups in total. The molecule has 162 valence electrons. The molecule has 0 saturated carbocycles. The van der Waals surface area contributed by atoms with Gasteiger partial charge in [0.25, 0.3) is 10.2 Å². The summed E-state index contributed by atoms with van der Waals surface area (Å²) in [6.45, 7) is 2.16. The summed E-state index contributed by atoms with van der Waals surface area (Å²) in [6.07, 6.45) is 4.25. The molecule has 0 spiro atoms. The molecule has 2 aliphatic heterocycles. The minimum Gasteiger partial charge on any atom is -0.493 e. The first kappa shape index (κ1) is 21.9. The Labute approximate surface area is 173 Å². The van der Waals surface area contributed by atoms with Crippen LogP contribution in [0.4, 0.5) is 0 Å². The van der Waals surface area contributed by atoms with Crippen molar-refractivity contribution >= 4 is 16.1 Å². The number of ether oxygens (including phenoxy) is 2. The molecule has 9 heteroatoms. The fraction of sp³-hybridized carbons (Fsp3) is 0.650. The molecule has 1 atom stereocenters. The van der Waals surface area contributed by atoms with Crippen LogP contribution in [0.3, 0.4) is 0 Å². The fourth-order valence-corrected chi connectivity index (χ4v) is 5.82. The Morgan fingerprint density at radius 1 is 1.07 bits per heavy atom. The van der Waals surface area contributed by atoms with Gasteiger partial charge in [-0.15, -0.1) is 0 Å². The molecule has 0 unspecified atom stereocenters. The van der Waals surface area contributed by atoms with Gasteiger partial charge in [0.05, 0.1) is 20.1 Å². The molecule has 2 heterocycles. The number of rotatable bonds is 7. The Bertz CT molecular complexity index is 808. The molecule has 3 rings (SSSR count). The van der Waals surface area contributed by atoms with Crippen molar-refractivity contribution in [2.75, 3.05) is 40.4 Å². The molecule has 1 aromatic rings. The Hall–Kier alpha value is -1.84. The Balaban J connectivity index is 1.61. The lowest BCUT2D eigenvalue weighted by molar-refractivity contribution is -0.126. The summed E-state index contributed by atoms with van der Waals surface area (Å²) in [5, 5.41) is 2.94. The van der Waals surface area contributed by atoms with E-state index in [1.165, 1.54) is 4.31 Å². The van der Waals surface area contributed by atoms with E-state index < -0.39 is 10.2 Å². The summed E-state index contributed by atoms with van der Waals surface area (Å²) in [7, 11) is -0.356. The van der Waals surface area contributed by atoms with Crippen molar-refractivity contribution in [1.82, 2.24) is 13.9 Å². The highest BCUT2D eigenvalue weighted by molar-refractivity contribution is 7.86. The van der Waals surface area contributed by atoms with E-state index in [4.69, 9.17) is 9.47 Å². The number of hydrogen-bond acceptors (Lipinski definition) is 5. The van der Waals surface area contributed by atoms with Crippen LogP contribution in [-0.4, -0.2) is 63.3 Å². The first-order valence-corrected chi connectivity index (χ1v) is 11.6.